The van der Waals surface area contributed by atoms with Gasteiger partial charge in [0.05, 0.1) is 0 Å². The van der Waals surface area contributed by atoms with Crippen molar-refractivity contribution in [3.05, 3.63) is 22.6 Å². The minimum absolute atomic E-state index is 0.0203. The van der Waals surface area contributed by atoms with Crippen molar-refractivity contribution in [2.45, 2.75) is 207 Å². The van der Waals surface area contributed by atoms with Crippen LogP contribution in [0.5, 0.6) is 0 Å². The van der Waals surface area contributed by atoms with Crippen LogP contribution in [0, 0.1) is 0 Å². The largest absolute Gasteiger partial charge is 0.462 e. The van der Waals surface area contributed by atoms with Crippen LogP contribution in [0.15, 0.2) is 17.1 Å². The summed E-state index contributed by atoms with van der Waals surface area (Å²) in [5.41, 5.74) is -0.134. The normalized spacial score (nSPS) is 11.6. The molecule has 1 heterocycles. The maximum atomic E-state index is 12.8. The monoisotopic (exact) mass is 749 g/mol. The van der Waals surface area contributed by atoms with E-state index in [2.05, 4.69) is 41.0 Å². The van der Waals surface area contributed by atoms with E-state index in [0.717, 1.165) is 84.3 Å². The number of aromatic nitrogens is 2. The zero-order chi connectivity index (χ0) is 38.3. The molecule has 0 aliphatic heterocycles. The van der Waals surface area contributed by atoms with Gasteiger partial charge in [-0.25, -0.2) is 4.98 Å². The van der Waals surface area contributed by atoms with Crippen molar-refractivity contribution in [3.8, 4) is 0 Å². The molecule has 0 unspecified atom stereocenters. The van der Waals surface area contributed by atoms with E-state index in [9.17, 15) is 9.59 Å². The van der Waals surface area contributed by atoms with E-state index in [0.29, 0.717) is 19.2 Å². The van der Waals surface area contributed by atoms with E-state index >= 15 is 0 Å². The number of H-pyrrole nitrogens is 1. The summed E-state index contributed by atoms with van der Waals surface area (Å²) in [6, 6.07) is 1.43. The van der Waals surface area contributed by atoms with Crippen LogP contribution in [0.25, 0.3) is 0 Å². The molecular formula is C44H84N4O5. The van der Waals surface area contributed by atoms with E-state index in [1.165, 1.54) is 141 Å². The number of hydrogen-bond acceptors (Lipinski definition) is 8. The first-order chi connectivity index (χ1) is 26.1. The zero-order valence-corrected chi connectivity index (χ0v) is 34.9. The molecule has 0 bridgehead atoms. The van der Waals surface area contributed by atoms with Gasteiger partial charge in [-0.3, -0.25) is 14.6 Å². The first-order valence-corrected chi connectivity index (χ1v) is 22.5. The van der Waals surface area contributed by atoms with Gasteiger partial charge >= 0.3 is 5.97 Å². The van der Waals surface area contributed by atoms with Gasteiger partial charge < -0.3 is 24.4 Å². The maximum Gasteiger partial charge on any atom is 0.306 e. The lowest BCUT2D eigenvalue weighted by Crippen LogP contribution is -2.28. The molecule has 9 heteroatoms. The number of aromatic amines is 1. The average molecular weight is 749 g/mol. The fraction of sp³-hybridized carbons (Fsp3) is 0.886. The van der Waals surface area contributed by atoms with Crippen molar-refractivity contribution >= 4 is 11.9 Å². The highest BCUT2D eigenvalue weighted by Gasteiger charge is 2.14. The minimum Gasteiger partial charge on any atom is -0.462 e. The van der Waals surface area contributed by atoms with E-state index in [4.69, 9.17) is 14.2 Å². The third kappa shape index (κ3) is 33.1. The Morgan fingerprint density at radius 2 is 1.19 bits per heavy atom. The second kappa shape index (κ2) is 38.3. The summed E-state index contributed by atoms with van der Waals surface area (Å²) in [6.07, 6.45) is 34.6. The van der Waals surface area contributed by atoms with E-state index < -0.39 is 0 Å². The molecule has 0 fully saturated rings. The quantitative estimate of drug-likeness (QED) is 0.0387. The van der Waals surface area contributed by atoms with Crippen LogP contribution >= 0.6 is 0 Å². The summed E-state index contributed by atoms with van der Waals surface area (Å²) < 4.78 is 17.0. The van der Waals surface area contributed by atoms with E-state index in [1.807, 2.05) is 0 Å². The lowest BCUT2D eigenvalue weighted by atomic mass is 10.0. The van der Waals surface area contributed by atoms with Crippen LogP contribution in [0.3, 0.4) is 0 Å². The Labute approximate surface area is 325 Å². The van der Waals surface area contributed by atoms with Crippen LogP contribution in [-0.2, 0) is 19.0 Å². The molecule has 0 saturated heterocycles. The third-order valence-electron chi connectivity index (χ3n) is 10.1. The Kier molecular flexibility index (Phi) is 35.5. The van der Waals surface area contributed by atoms with Crippen LogP contribution in [0.4, 0.5) is 5.95 Å². The van der Waals surface area contributed by atoms with Crippen LogP contribution in [0.2, 0.25) is 0 Å². The van der Waals surface area contributed by atoms with Crippen molar-refractivity contribution in [3.63, 3.8) is 0 Å². The van der Waals surface area contributed by atoms with Crippen molar-refractivity contribution < 1.29 is 19.0 Å². The predicted molar refractivity (Wildman–Crippen MR) is 223 cm³/mol. The van der Waals surface area contributed by atoms with E-state index in [1.54, 1.807) is 0 Å². The number of carbonyl (C=O) groups excluding carboxylic acids is 1. The minimum atomic E-state index is -0.134. The summed E-state index contributed by atoms with van der Waals surface area (Å²) in [5.74, 6) is 0.560. The highest BCUT2D eigenvalue weighted by molar-refractivity contribution is 5.69. The molecule has 1 aromatic rings. The topological polar surface area (TPSA) is 106 Å². The lowest BCUT2D eigenvalue weighted by molar-refractivity contribution is -0.150. The van der Waals surface area contributed by atoms with E-state index in [-0.39, 0.29) is 17.6 Å². The molecule has 0 atom stereocenters. The van der Waals surface area contributed by atoms with Gasteiger partial charge in [0, 0.05) is 38.4 Å². The van der Waals surface area contributed by atoms with Gasteiger partial charge in [-0.15, -0.1) is 0 Å². The highest BCUT2D eigenvalue weighted by Crippen LogP contribution is 2.18. The number of carbonyl (C=O) groups is 1. The Morgan fingerprint density at radius 3 is 1.79 bits per heavy atom. The first-order valence-electron chi connectivity index (χ1n) is 22.5. The summed E-state index contributed by atoms with van der Waals surface area (Å²) in [5, 5.41) is 3.26. The SMILES string of the molecule is CCCCCCCCC(CCCCCCCC)OC(=O)CCCCCCCN(CCCCCCCCOCOCCC)CCCNc1nccc(=O)[nH]1. The molecule has 0 aromatic carbocycles. The summed E-state index contributed by atoms with van der Waals surface area (Å²) in [6.45, 7) is 12.7. The zero-order valence-electron chi connectivity index (χ0n) is 34.9. The van der Waals surface area contributed by atoms with Crippen molar-refractivity contribution in [2.75, 3.05) is 51.5 Å². The second-order valence-electron chi connectivity index (χ2n) is 15.2. The number of nitrogens with one attached hydrogen (secondary N) is 2. The smallest absolute Gasteiger partial charge is 0.306 e. The molecule has 2 N–H and O–H groups in total. The van der Waals surface area contributed by atoms with Crippen molar-refractivity contribution in [1.82, 2.24) is 14.9 Å². The standard InChI is InChI=1S/C44H84N4O5/c1-4-7-9-11-16-22-29-41(30-23-17-12-10-8-5-2)53-43(50)31-24-18-15-20-26-36-48(37-28-33-45-44-46-34-32-42(49)47-44)35-25-19-13-14-21-27-39-52-40-51-38-6-3/h32,34,41H,4-31,33,35-40H2,1-3H3,(H2,45,46,47,49). The highest BCUT2D eigenvalue weighted by atomic mass is 16.7. The molecule has 53 heavy (non-hydrogen) atoms. The van der Waals surface area contributed by atoms with Gasteiger partial charge in [0.2, 0.25) is 5.95 Å². The molecule has 0 aliphatic rings. The molecule has 9 nitrogen and oxygen atoms in total. The van der Waals surface area contributed by atoms with Crippen LogP contribution < -0.4 is 10.9 Å². The molecular weight excluding hydrogens is 665 g/mol. The number of nitrogens with zero attached hydrogens (tertiary/aromatic N) is 2. The van der Waals surface area contributed by atoms with Crippen molar-refractivity contribution in [1.29, 1.82) is 0 Å². The predicted octanol–water partition coefficient (Wildman–Crippen LogP) is 11.4. The fourth-order valence-corrected chi connectivity index (χ4v) is 6.82. The average Bonchev–Trinajstić information content (AvgIpc) is 3.15. The molecule has 310 valence electrons. The van der Waals surface area contributed by atoms with Crippen molar-refractivity contribution in [2.24, 2.45) is 0 Å². The van der Waals surface area contributed by atoms with Gasteiger partial charge in [-0.2, -0.15) is 0 Å². The van der Waals surface area contributed by atoms with Gasteiger partial charge in [0.15, 0.2) is 0 Å². The van der Waals surface area contributed by atoms with Gasteiger partial charge in [0.25, 0.3) is 5.56 Å². The number of unbranched alkanes of at least 4 members (excludes halogenated alkanes) is 19. The second-order valence-corrected chi connectivity index (χ2v) is 15.2. The molecule has 0 amide bonds. The molecule has 0 saturated carbocycles. The Hall–Kier alpha value is -1.97. The number of esters is 1. The first kappa shape index (κ1) is 49.0. The number of hydrogen-bond donors (Lipinski definition) is 2. The molecule has 1 rings (SSSR count). The van der Waals surface area contributed by atoms with Crippen LogP contribution in [0.1, 0.15) is 201 Å². The number of ether oxygens (including phenoxy) is 3. The maximum absolute atomic E-state index is 12.8. The van der Waals surface area contributed by atoms with Gasteiger partial charge in [-0.1, -0.05) is 130 Å². The summed E-state index contributed by atoms with van der Waals surface area (Å²) in [7, 11) is 0. The summed E-state index contributed by atoms with van der Waals surface area (Å²) in [4.78, 5) is 33.9. The van der Waals surface area contributed by atoms with Gasteiger partial charge in [0.1, 0.15) is 12.9 Å². The molecule has 0 spiro atoms. The molecule has 0 radical (unpaired) electrons. The lowest BCUT2D eigenvalue weighted by Gasteiger charge is -2.22. The Balaban J connectivity index is 2.32. The van der Waals surface area contributed by atoms with Crippen LogP contribution in [-0.4, -0.2) is 73.1 Å². The summed E-state index contributed by atoms with van der Waals surface area (Å²) >= 11 is 0. The Morgan fingerprint density at radius 1 is 0.660 bits per heavy atom. The molecule has 1 aromatic heterocycles. The molecule has 0 aliphatic carbocycles. The fourth-order valence-electron chi connectivity index (χ4n) is 6.82. The Bertz CT molecular complexity index is 961. The number of anilines is 1. The third-order valence-corrected chi connectivity index (χ3v) is 10.1. The van der Waals surface area contributed by atoms with Gasteiger partial charge in [-0.05, 0) is 83.8 Å². The number of rotatable bonds is 41.